The van der Waals surface area contributed by atoms with Crippen LogP contribution < -0.4 is 0 Å². The first-order valence-corrected chi connectivity index (χ1v) is 7.98. The summed E-state index contributed by atoms with van der Waals surface area (Å²) >= 11 is 0. The van der Waals surface area contributed by atoms with Gasteiger partial charge in [-0.2, -0.15) is 0 Å². The Balaban J connectivity index is 1.67. The molecule has 2 aromatic rings. The lowest BCUT2D eigenvalue weighted by atomic mass is 10.3. The third-order valence-corrected chi connectivity index (χ3v) is 4.95. The number of nitrogens with zero attached hydrogens (tertiary/aromatic N) is 3. The molecule has 0 amide bonds. The summed E-state index contributed by atoms with van der Waals surface area (Å²) in [6.07, 6.45) is 4.19. The highest BCUT2D eigenvalue weighted by molar-refractivity contribution is 7.91. The molecule has 19 heavy (non-hydrogen) atoms. The second-order valence-corrected chi connectivity index (χ2v) is 6.92. The van der Waals surface area contributed by atoms with Gasteiger partial charge in [0.15, 0.2) is 9.84 Å². The highest BCUT2D eigenvalue weighted by Gasteiger charge is 2.26. The monoisotopic (exact) mass is 277 g/mol. The first-order valence-electron chi connectivity index (χ1n) is 6.33. The van der Waals surface area contributed by atoms with Crippen LogP contribution in [0.5, 0.6) is 0 Å². The van der Waals surface area contributed by atoms with E-state index in [-0.39, 0.29) is 5.75 Å². The SMILES string of the molecule is O=S(=O)(CCn1cc(C2CC2)nn1)c1ccccc1. The van der Waals surface area contributed by atoms with Crippen LogP contribution in [0.25, 0.3) is 0 Å². The van der Waals surface area contributed by atoms with Gasteiger partial charge in [-0.3, -0.25) is 4.68 Å². The van der Waals surface area contributed by atoms with Crippen LogP contribution in [-0.4, -0.2) is 29.2 Å². The Labute approximate surface area is 112 Å². The Hall–Kier alpha value is -1.69. The van der Waals surface area contributed by atoms with E-state index in [0.29, 0.717) is 17.4 Å². The lowest BCUT2D eigenvalue weighted by Gasteiger charge is -2.03. The van der Waals surface area contributed by atoms with Gasteiger partial charge in [0, 0.05) is 12.1 Å². The van der Waals surface area contributed by atoms with Crippen LogP contribution in [0.4, 0.5) is 0 Å². The van der Waals surface area contributed by atoms with E-state index in [4.69, 9.17) is 0 Å². The molecule has 6 heteroatoms. The smallest absolute Gasteiger partial charge is 0.180 e. The van der Waals surface area contributed by atoms with Crippen molar-refractivity contribution >= 4 is 9.84 Å². The predicted molar refractivity (Wildman–Crippen MR) is 70.5 cm³/mol. The number of rotatable bonds is 5. The van der Waals surface area contributed by atoms with Crippen LogP contribution in [0.15, 0.2) is 41.4 Å². The van der Waals surface area contributed by atoms with Gasteiger partial charge in [-0.05, 0) is 25.0 Å². The molecule has 3 rings (SSSR count). The summed E-state index contributed by atoms with van der Waals surface area (Å²) in [7, 11) is -3.24. The average Bonchev–Trinajstić information content (AvgIpc) is 3.17. The van der Waals surface area contributed by atoms with Crippen LogP contribution >= 0.6 is 0 Å². The normalized spacial score (nSPS) is 15.6. The summed E-state index contributed by atoms with van der Waals surface area (Å²) in [5.74, 6) is 0.587. The lowest BCUT2D eigenvalue weighted by Crippen LogP contribution is -2.13. The zero-order valence-electron chi connectivity index (χ0n) is 10.4. The van der Waals surface area contributed by atoms with E-state index in [9.17, 15) is 8.42 Å². The highest BCUT2D eigenvalue weighted by Crippen LogP contribution is 2.38. The molecule has 1 aliphatic rings. The van der Waals surface area contributed by atoms with E-state index in [2.05, 4.69) is 10.3 Å². The number of hydrogen-bond donors (Lipinski definition) is 0. The second kappa shape index (κ2) is 4.77. The van der Waals surface area contributed by atoms with Crippen molar-refractivity contribution in [3.8, 4) is 0 Å². The Morgan fingerprint density at radius 2 is 1.95 bits per heavy atom. The van der Waals surface area contributed by atoms with E-state index in [1.54, 1.807) is 35.0 Å². The molecule has 1 aliphatic carbocycles. The summed E-state index contributed by atoms with van der Waals surface area (Å²) < 4.78 is 25.8. The van der Waals surface area contributed by atoms with Crippen molar-refractivity contribution in [1.29, 1.82) is 0 Å². The molecule has 0 N–H and O–H groups in total. The lowest BCUT2D eigenvalue weighted by molar-refractivity contribution is 0.575. The van der Waals surface area contributed by atoms with Crippen LogP contribution in [0, 0.1) is 0 Å². The molecule has 1 fully saturated rings. The summed E-state index contributed by atoms with van der Waals surface area (Å²) in [6.45, 7) is 0.344. The third kappa shape index (κ3) is 2.84. The van der Waals surface area contributed by atoms with Gasteiger partial charge in [0.1, 0.15) is 0 Å². The van der Waals surface area contributed by atoms with E-state index >= 15 is 0 Å². The van der Waals surface area contributed by atoms with E-state index in [1.807, 2.05) is 6.20 Å². The van der Waals surface area contributed by atoms with Crippen LogP contribution in [0.2, 0.25) is 0 Å². The van der Waals surface area contributed by atoms with Crippen LogP contribution in [0.3, 0.4) is 0 Å². The molecule has 0 unspecified atom stereocenters. The molecule has 1 aromatic carbocycles. The minimum Gasteiger partial charge on any atom is -0.251 e. The maximum Gasteiger partial charge on any atom is 0.180 e. The topological polar surface area (TPSA) is 64.8 Å². The molecular weight excluding hydrogens is 262 g/mol. The van der Waals surface area contributed by atoms with Gasteiger partial charge in [0.25, 0.3) is 0 Å². The number of sulfone groups is 1. The fourth-order valence-electron chi connectivity index (χ4n) is 1.95. The highest BCUT2D eigenvalue weighted by atomic mass is 32.2. The van der Waals surface area contributed by atoms with Gasteiger partial charge in [-0.1, -0.05) is 23.4 Å². The number of aromatic nitrogens is 3. The summed E-state index contributed by atoms with van der Waals surface area (Å²) in [6, 6.07) is 8.50. The summed E-state index contributed by atoms with van der Waals surface area (Å²) in [5.41, 5.74) is 0.983. The predicted octanol–water partition coefficient (Wildman–Crippen LogP) is 1.63. The number of hydrogen-bond acceptors (Lipinski definition) is 4. The van der Waals surface area contributed by atoms with Crippen molar-refractivity contribution in [2.24, 2.45) is 0 Å². The van der Waals surface area contributed by atoms with Crippen molar-refractivity contribution in [2.45, 2.75) is 30.2 Å². The molecule has 0 atom stereocenters. The fourth-order valence-corrected chi connectivity index (χ4v) is 3.18. The molecule has 0 bridgehead atoms. The zero-order chi connectivity index (χ0) is 13.3. The average molecular weight is 277 g/mol. The molecular formula is C13H15N3O2S. The maximum atomic E-state index is 12.1. The standard InChI is InChI=1S/C13H15N3O2S/c17-19(18,12-4-2-1-3-5-12)9-8-16-10-13(14-15-16)11-6-7-11/h1-5,10-11H,6-9H2. The van der Waals surface area contributed by atoms with E-state index in [1.165, 1.54) is 12.8 Å². The van der Waals surface area contributed by atoms with Crippen molar-refractivity contribution in [1.82, 2.24) is 15.0 Å². The molecule has 0 aliphatic heterocycles. The molecule has 1 saturated carbocycles. The number of aryl methyl sites for hydroxylation is 1. The van der Waals surface area contributed by atoms with Crippen molar-refractivity contribution < 1.29 is 8.42 Å². The fraction of sp³-hybridized carbons (Fsp3) is 0.385. The Morgan fingerprint density at radius 1 is 1.21 bits per heavy atom. The van der Waals surface area contributed by atoms with Crippen molar-refractivity contribution in [3.05, 3.63) is 42.2 Å². The van der Waals surface area contributed by atoms with Crippen LogP contribution in [-0.2, 0) is 16.4 Å². The summed E-state index contributed by atoms with van der Waals surface area (Å²) in [5, 5.41) is 8.05. The van der Waals surface area contributed by atoms with Gasteiger partial charge in [0.2, 0.25) is 0 Å². The van der Waals surface area contributed by atoms with Gasteiger partial charge in [-0.15, -0.1) is 5.10 Å². The molecule has 0 saturated heterocycles. The van der Waals surface area contributed by atoms with Gasteiger partial charge in [-0.25, -0.2) is 8.42 Å². The molecule has 100 valence electrons. The zero-order valence-corrected chi connectivity index (χ0v) is 11.3. The maximum absolute atomic E-state index is 12.1. The quantitative estimate of drug-likeness (QED) is 0.833. The Bertz CT molecular complexity index is 660. The third-order valence-electron chi connectivity index (χ3n) is 3.24. The molecule has 1 heterocycles. The van der Waals surface area contributed by atoms with Crippen molar-refractivity contribution in [2.75, 3.05) is 5.75 Å². The van der Waals surface area contributed by atoms with Gasteiger partial charge in [0.05, 0.1) is 22.9 Å². The van der Waals surface area contributed by atoms with Crippen LogP contribution in [0.1, 0.15) is 24.5 Å². The summed E-state index contributed by atoms with van der Waals surface area (Å²) in [4.78, 5) is 0.359. The molecule has 5 nitrogen and oxygen atoms in total. The molecule has 0 spiro atoms. The minimum atomic E-state index is -3.24. The van der Waals surface area contributed by atoms with Gasteiger partial charge >= 0.3 is 0 Å². The molecule has 1 aromatic heterocycles. The van der Waals surface area contributed by atoms with E-state index < -0.39 is 9.84 Å². The molecule has 0 radical (unpaired) electrons. The first kappa shape index (κ1) is 12.3. The second-order valence-electron chi connectivity index (χ2n) is 4.81. The Morgan fingerprint density at radius 3 is 2.63 bits per heavy atom. The van der Waals surface area contributed by atoms with E-state index in [0.717, 1.165) is 5.69 Å². The number of benzene rings is 1. The minimum absolute atomic E-state index is 0.0461. The van der Waals surface area contributed by atoms with Gasteiger partial charge < -0.3 is 0 Å². The largest absolute Gasteiger partial charge is 0.251 e. The van der Waals surface area contributed by atoms with Crippen molar-refractivity contribution in [3.63, 3.8) is 0 Å². The Kier molecular flexibility index (Phi) is 3.10. The first-order chi connectivity index (χ1) is 9.15.